The Bertz CT molecular complexity index is 1200. The summed E-state index contributed by atoms with van der Waals surface area (Å²) in [4.78, 5) is 67.0. The van der Waals surface area contributed by atoms with Crippen molar-refractivity contribution < 1.29 is 29.1 Å². The van der Waals surface area contributed by atoms with Gasteiger partial charge in [0.15, 0.2) is 0 Å². The van der Waals surface area contributed by atoms with Gasteiger partial charge in [0.25, 0.3) is 0 Å². The number of carboxylic acids is 1. The minimum atomic E-state index is -1.36. The van der Waals surface area contributed by atoms with Crippen LogP contribution in [-0.2, 0) is 30.4 Å². The van der Waals surface area contributed by atoms with Gasteiger partial charge in [-0.05, 0) is 36.8 Å². The lowest BCUT2D eigenvalue weighted by molar-refractivity contribution is -0.149. The van der Waals surface area contributed by atoms with E-state index in [2.05, 4.69) is 15.6 Å². The van der Waals surface area contributed by atoms with Gasteiger partial charge in [0.1, 0.15) is 18.1 Å². The number of nitrogens with two attached hydrogens (primary N) is 2. The van der Waals surface area contributed by atoms with Crippen molar-refractivity contribution in [2.75, 3.05) is 6.54 Å². The van der Waals surface area contributed by atoms with E-state index in [-0.39, 0.29) is 25.3 Å². The first-order chi connectivity index (χ1) is 18.0. The number of likely N-dealkylation sites (tertiary alicyclic amines) is 1. The molecule has 1 aromatic heterocycles. The highest BCUT2D eigenvalue weighted by molar-refractivity contribution is 5.96. The number of aliphatic carboxylic acids is 1. The number of nitrogens with one attached hydrogen (secondary N) is 3. The average molecular weight is 529 g/mol. The Morgan fingerprint density at radius 1 is 1.16 bits per heavy atom. The van der Waals surface area contributed by atoms with Crippen LogP contribution in [0.1, 0.15) is 45.1 Å². The van der Waals surface area contributed by atoms with Crippen molar-refractivity contribution in [3.8, 4) is 0 Å². The van der Waals surface area contributed by atoms with Gasteiger partial charge in [0.2, 0.25) is 23.6 Å². The first-order valence-electron chi connectivity index (χ1n) is 12.8. The fourth-order valence-electron chi connectivity index (χ4n) is 4.74. The number of carboxylic acid groups (broad SMARTS) is 1. The number of nitrogens with zero attached hydrogens (tertiary/aromatic N) is 1. The second kappa shape index (κ2) is 12.5. The summed E-state index contributed by atoms with van der Waals surface area (Å²) in [7, 11) is 0. The summed E-state index contributed by atoms with van der Waals surface area (Å²) in [5, 5.41) is 15.6. The SMILES string of the molecule is CCC(C)C(NC(=O)C(N)Cc1c[nH]c2ccccc12)C(=O)NC(CC(N)=O)C(=O)N1CCCC1C(=O)O. The first kappa shape index (κ1) is 28.6. The number of carbonyl (C=O) groups is 5. The molecule has 4 amide bonds. The molecule has 3 rings (SSSR count). The van der Waals surface area contributed by atoms with Crippen LogP contribution in [0.2, 0.25) is 0 Å². The molecule has 0 aliphatic carbocycles. The molecule has 1 aromatic carbocycles. The summed E-state index contributed by atoms with van der Waals surface area (Å²) < 4.78 is 0. The summed E-state index contributed by atoms with van der Waals surface area (Å²) in [6.07, 6.45) is 2.81. The third-order valence-corrected chi connectivity index (χ3v) is 7.09. The van der Waals surface area contributed by atoms with Crippen LogP contribution in [0.25, 0.3) is 10.9 Å². The standard InChI is InChI=1S/C26H36N6O6/c1-3-14(2)22(31-23(34)17(27)11-15-13-29-18-8-5-4-7-16(15)18)24(35)30-19(12-21(28)33)25(36)32-10-6-9-20(32)26(37)38/h4-5,7-8,13-14,17,19-20,22,29H,3,6,9-12,27H2,1-2H3,(H2,28,33)(H,30,35)(H,31,34)(H,37,38). The molecule has 0 radical (unpaired) electrons. The normalized spacial score (nSPS) is 18.4. The molecule has 2 heterocycles. The number of H-pyrrole nitrogens is 1. The Morgan fingerprint density at radius 2 is 1.87 bits per heavy atom. The number of hydrogen-bond donors (Lipinski definition) is 6. The second-order valence-electron chi connectivity index (χ2n) is 9.80. The van der Waals surface area contributed by atoms with E-state index in [0.717, 1.165) is 21.4 Å². The Hall–Kier alpha value is -3.93. The summed E-state index contributed by atoms with van der Waals surface area (Å²) >= 11 is 0. The molecule has 1 fully saturated rings. The summed E-state index contributed by atoms with van der Waals surface area (Å²) in [5.74, 6) is -4.25. The second-order valence-corrected chi connectivity index (χ2v) is 9.80. The first-order valence-corrected chi connectivity index (χ1v) is 12.8. The predicted molar refractivity (Wildman–Crippen MR) is 139 cm³/mol. The van der Waals surface area contributed by atoms with Gasteiger partial charge >= 0.3 is 5.97 Å². The van der Waals surface area contributed by atoms with Crippen molar-refractivity contribution in [1.29, 1.82) is 0 Å². The van der Waals surface area contributed by atoms with Crippen LogP contribution in [0, 0.1) is 5.92 Å². The Labute approximate surface area is 220 Å². The van der Waals surface area contributed by atoms with Crippen molar-refractivity contribution in [2.45, 2.75) is 70.1 Å². The van der Waals surface area contributed by atoms with E-state index in [9.17, 15) is 29.1 Å². The maximum absolute atomic E-state index is 13.3. The van der Waals surface area contributed by atoms with Crippen LogP contribution in [-0.4, -0.2) is 75.3 Å². The van der Waals surface area contributed by atoms with E-state index < -0.39 is 60.2 Å². The molecule has 0 saturated carbocycles. The van der Waals surface area contributed by atoms with Gasteiger partial charge in [0, 0.05) is 23.6 Å². The topological polar surface area (TPSA) is 201 Å². The van der Waals surface area contributed by atoms with E-state index in [1.807, 2.05) is 31.2 Å². The molecule has 0 bridgehead atoms. The Morgan fingerprint density at radius 3 is 2.53 bits per heavy atom. The maximum Gasteiger partial charge on any atom is 0.326 e. The van der Waals surface area contributed by atoms with Gasteiger partial charge in [-0.3, -0.25) is 19.2 Å². The summed E-state index contributed by atoms with van der Waals surface area (Å²) in [5.41, 5.74) is 13.3. The number of para-hydroxylation sites is 1. The van der Waals surface area contributed by atoms with Gasteiger partial charge < -0.3 is 37.1 Å². The van der Waals surface area contributed by atoms with Crippen LogP contribution in [0.5, 0.6) is 0 Å². The van der Waals surface area contributed by atoms with Gasteiger partial charge in [-0.1, -0.05) is 38.5 Å². The highest BCUT2D eigenvalue weighted by atomic mass is 16.4. The van der Waals surface area contributed by atoms with E-state index in [4.69, 9.17) is 11.5 Å². The lowest BCUT2D eigenvalue weighted by atomic mass is 9.96. The summed E-state index contributed by atoms with van der Waals surface area (Å²) in [6.45, 7) is 3.80. The Balaban J connectivity index is 1.72. The molecular formula is C26H36N6O6. The third kappa shape index (κ3) is 6.68. The van der Waals surface area contributed by atoms with E-state index in [1.165, 1.54) is 0 Å². The molecule has 12 nitrogen and oxygen atoms in total. The molecule has 5 atom stereocenters. The van der Waals surface area contributed by atoms with Crippen molar-refractivity contribution >= 4 is 40.5 Å². The minimum absolute atomic E-state index is 0.190. The largest absolute Gasteiger partial charge is 0.480 e. The molecule has 0 spiro atoms. The van der Waals surface area contributed by atoms with Crippen LogP contribution in [0.15, 0.2) is 30.5 Å². The predicted octanol–water partition coefficient (Wildman–Crippen LogP) is 0.00440. The van der Waals surface area contributed by atoms with Gasteiger partial charge in [0.05, 0.1) is 12.5 Å². The maximum atomic E-state index is 13.3. The molecule has 5 unspecified atom stereocenters. The summed E-state index contributed by atoms with van der Waals surface area (Å²) in [6, 6.07) is 3.23. The quantitative estimate of drug-likeness (QED) is 0.222. The number of benzene rings is 1. The molecule has 8 N–H and O–H groups in total. The van der Waals surface area contributed by atoms with Crippen LogP contribution >= 0.6 is 0 Å². The number of hydrogen-bond acceptors (Lipinski definition) is 6. The number of fused-ring (bicyclic) bond motifs is 1. The Kier molecular flexibility index (Phi) is 9.45. The monoisotopic (exact) mass is 528 g/mol. The molecule has 38 heavy (non-hydrogen) atoms. The number of aromatic amines is 1. The van der Waals surface area contributed by atoms with E-state index in [0.29, 0.717) is 12.8 Å². The lowest BCUT2D eigenvalue weighted by Crippen LogP contribution is -2.59. The van der Waals surface area contributed by atoms with Crippen LogP contribution < -0.4 is 22.1 Å². The molecule has 206 valence electrons. The lowest BCUT2D eigenvalue weighted by Gasteiger charge is -2.30. The van der Waals surface area contributed by atoms with E-state index in [1.54, 1.807) is 13.1 Å². The fourth-order valence-corrected chi connectivity index (χ4v) is 4.74. The zero-order valence-electron chi connectivity index (χ0n) is 21.6. The van der Waals surface area contributed by atoms with Crippen molar-refractivity contribution in [2.24, 2.45) is 17.4 Å². The highest BCUT2D eigenvalue weighted by Gasteiger charge is 2.39. The number of aromatic nitrogens is 1. The molecular weight excluding hydrogens is 492 g/mol. The average Bonchev–Trinajstić information content (AvgIpc) is 3.53. The van der Waals surface area contributed by atoms with Crippen molar-refractivity contribution in [3.05, 3.63) is 36.0 Å². The number of rotatable bonds is 12. The molecule has 1 aliphatic rings. The molecule has 12 heteroatoms. The van der Waals surface area contributed by atoms with E-state index >= 15 is 0 Å². The van der Waals surface area contributed by atoms with Gasteiger partial charge in [-0.15, -0.1) is 0 Å². The van der Waals surface area contributed by atoms with Gasteiger partial charge in [-0.2, -0.15) is 0 Å². The smallest absolute Gasteiger partial charge is 0.326 e. The fraction of sp³-hybridized carbons (Fsp3) is 0.500. The number of primary amides is 1. The molecule has 1 aliphatic heterocycles. The van der Waals surface area contributed by atoms with Crippen LogP contribution in [0.3, 0.4) is 0 Å². The number of amides is 4. The van der Waals surface area contributed by atoms with Gasteiger partial charge in [-0.25, -0.2) is 4.79 Å². The molecule has 1 saturated heterocycles. The van der Waals surface area contributed by atoms with Crippen LogP contribution in [0.4, 0.5) is 0 Å². The minimum Gasteiger partial charge on any atom is -0.480 e. The van der Waals surface area contributed by atoms with Crippen molar-refractivity contribution in [1.82, 2.24) is 20.5 Å². The van der Waals surface area contributed by atoms with Crippen molar-refractivity contribution in [3.63, 3.8) is 0 Å². The molecule has 2 aromatic rings. The third-order valence-electron chi connectivity index (χ3n) is 7.09. The highest BCUT2D eigenvalue weighted by Crippen LogP contribution is 2.21. The zero-order valence-corrected chi connectivity index (χ0v) is 21.6. The number of carbonyl (C=O) groups excluding carboxylic acids is 4. The zero-order chi connectivity index (χ0) is 28.0.